The average molecular weight is 492 g/mol. The second kappa shape index (κ2) is 9.85. The zero-order valence-electron chi connectivity index (χ0n) is 18.2. The fraction of sp³-hybridized carbons (Fsp3) is 0.250. The second-order valence-corrected chi connectivity index (χ2v) is 9.59. The molecule has 2 saturated heterocycles. The summed E-state index contributed by atoms with van der Waals surface area (Å²) >= 11 is 6.55. The van der Waals surface area contributed by atoms with Gasteiger partial charge in [0.1, 0.15) is 16.2 Å². The molecule has 172 valence electrons. The van der Waals surface area contributed by atoms with Crippen molar-refractivity contribution in [2.45, 2.75) is 13.1 Å². The van der Waals surface area contributed by atoms with Crippen molar-refractivity contribution in [3.05, 3.63) is 76.5 Å². The van der Waals surface area contributed by atoms with Crippen LogP contribution in [-0.4, -0.2) is 51.2 Å². The maximum atomic E-state index is 12.9. The molecule has 0 saturated carbocycles. The summed E-state index contributed by atoms with van der Waals surface area (Å²) in [6, 6.07) is 16.0. The summed E-state index contributed by atoms with van der Waals surface area (Å²) in [4.78, 5) is 23.5. The molecule has 0 aliphatic carbocycles. The largest absolute Gasteiger partial charge is 0.467 e. The summed E-state index contributed by atoms with van der Waals surface area (Å²) in [5.41, 5.74) is 1.49. The number of hydrogen-bond donors (Lipinski definition) is 0. The molecule has 0 unspecified atom stereocenters. The summed E-state index contributed by atoms with van der Waals surface area (Å²) in [6.45, 7) is 4.30. The Morgan fingerprint density at radius 1 is 1.12 bits per heavy atom. The zero-order valence-corrected chi connectivity index (χ0v) is 19.8. The smallest absolute Gasteiger partial charge is 0.266 e. The predicted octanol–water partition coefficient (Wildman–Crippen LogP) is 3.86. The van der Waals surface area contributed by atoms with Crippen molar-refractivity contribution in [3.63, 3.8) is 0 Å². The number of hydrogen-bond acceptors (Lipinski definition) is 9. The van der Waals surface area contributed by atoms with Gasteiger partial charge < -0.3 is 13.7 Å². The molecular formula is C24H21N5O3S2. The number of carbonyl (C=O) groups is 1. The van der Waals surface area contributed by atoms with Gasteiger partial charge in [-0.2, -0.15) is 10.2 Å². The van der Waals surface area contributed by atoms with E-state index in [9.17, 15) is 10.1 Å². The minimum absolute atomic E-state index is 0.217. The van der Waals surface area contributed by atoms with Gasteiger partial charge in [0.15, 0.2) is 0 Å². The minimum atomic E-state index is -0.237. The standard InChI is InChI=1S/C24H21N5O3S2/c25-14-19-23(28-10-8-27(9-11-28)15-17-5-2-1-3-6-17)32-21(26-19)13-20-22(30)29(24(33)34-20)16-18-7-4-12-31-18/h1-7,12-13H,8-11,15-16H2. The topological polar surface area (TPSA) is 89.7 Å². The molecule has 0 atom stereocenters. The molecule has 0 radical (unpaired) electrons. The van der Waals surface area contributed by atoms with E-state index in [1.807, 2.05) is 23.1 Å². The summed E-state index contributed by atoms with van der Waals surface area (Å²) < 4.78 is 11.7. The summed E-state index contributed by atoms with van der Waals surface area (Å²) in [5.74, 6) is 1.07. The Balaban J connectivity index is 1.27. The molecule has 10 heteroatoms. The number of oxazole rings is 1. The van der Waals surface area contributed by atoms with Gasteiger partial charge in [-0.05, 0) is 17.7 Å². The van der Waals surface area contributed by atoms with Gasteiger partial charge in [-0.1, -0.05) is 54.3 Å². The van der Waals surface area contributed by atoms with Crippen molar-refractivity contribution in [1.29, 1.82) is 5.26 Å². The molecule has 2 fully saturated rings. The molecule has 4 heterocycles. The molecule has 5 rings (SSSR count). The molecule has 1 amide bonds. The van der Waals surface area contributed by atoms with Crippen molar-refractivity contribution in [2.24, 2.45) is 0 Å². The normalized spacial score (nSPS) is 18.1. The van der Waals surface area contributed by atoms with E-state index in [0.29, 0.717) is 20.9 Å². The first-order chi connectivity index (χ1) is 16.6. The van der Waals surface area contributed by atoms with Crippen LogP contribution in [-0.2, 0) is 17.9 Å². The summed E-state index contributed by atoms with van der Waals surface area (Å²) in [6.07, 6.45) is 3.11. The van der Waals surface area contributed by atoms with E-state index in [1.165, 1.54) is 22.2 Å². The maximum Gasteiger partial charge on any atom is 0.266 e. The summed E-state index contributed by atoms with van der Waals surface area (Å²) in [5, 5.41) is 9.61. The molecule has 0 spiro atoms. The lowest BCUT2D eigenvalue weighted by atomic mass is 10.2. The first kappa shape index (κ1) is 22.4. The monoisotopic (exact) mass is 491 g/mol. The Hall–Kier alpha value is -3.39. The summed E-state index contributed by atoms with van der Waals surface area (Å²) in [7, 11) is 0. The quantitative estimate of drug-likeness (QED) is 0.377. The number of benzene rings is 1. The van der Waals surface area contributed by atoms with Gasteiger partial charge in [-0.15, -0.1) is 0 Å². The fourth-order valence-electron chi connectivity index (χ4n) is 3.93. The van der Waals surface area contributed by atoms with Gasteiger partial charge in [0, 0.05) is 38.8 Å². The van der Waals surface area contributed by atoms with Gasteiger partial charge in [0.25, 0.3) is 5.91 Å². The molecule has 34 heavy (non-hydrogen) atoms. The van der Waals surface area contributed by atoms with Crippen LogP contribution in [0.2, 0.25) is 0 Å². The lowest BCUT2D eigenvalue weighted by molar-refractivity contribution is -0.122. The van der Waals surface area contributed by atoms with E-state index in [-0.39, 0.29) is 24.0 Å². The number of thioether (sulfide) groups is 1. The van der Waals surface area contributed by atoms with Crippen LogP contribution in [0.4, 0.5) is 5.88 Å². The third-order valence-corrected chi connectivity index (χ3v) is 7.04. The van der Waals surface area contributed by atoms with E-state index < -0.39 is 0 Å². The lowest BCUT2D eigenvalue weighted by Crippen LogP contribution is -2.46. The number of anilines is 1. The molecule has 0 bridgehead atoms. The Labute approximate surface area is 206 Å². The first-order valence-electron chi connectivity index (χ1n) is 10.8. The third kappa shape index (κ3) is 4.77. The lowest BCUT2D eigenvalue weighted by Gasteiger charge is -2.34. The van der Waals surface area contributed by atoms with E-state index in [4.69, 9.17) is 21.1 Å². The number of amides is 1. The van der Waals surface area contributed by atoms with Gasteiger partial charge >= 0.3 is 0 Å². The van der Waals surface area contributed by atoms with Crippen LogP contribution in [0.25, 0.3) is 6.08 Å². The van der Waals surface area contributed by atoms with Crippen molar-refractivity contribution < 1.29 is 13.6 Å². The van der Waals surface area contributed by atoms with Crippen LogP contribution in [0.15, 0.2) is 62.5 Å². The number of nitriles is 1. The van der Waals surface area contributed by atoms with Crippen LogP contribution in [0.3, 0.4) is 0 Å². The number of furan rings is 1. The van der Waals surface area contributed by atoms with Crippen LogP contribution in [0.5, 0.6) is 0 Å². The van der Waals surface area contributed by atoms with Crippen LogP contribution < -0.4 is 4.90 Å². The Bertz CT molecular complexity index is 1260. The number of thiocarbonyl (C=S) groups is 1. The predicted molar refractivity (Wildman–Crippen MR) is 133 cm³/mol. The van der Waals surface area contributed by atoms with Crippen molar-refractivity contribution in [2.75, 3.05) is 31.1 Å². The second-order valence-electron chi connectivity index (χ2n) is 7.91. The highest BCUT2D eigenvalue weighted by molar-refractivity contribution is 8.26. The minimum Gasteiger partial charge on any atom is -0.467 e. The fourth-order valence-corrected chi connectivity index (χ4v) is 5.15. The molecule has 0 N–H and O–H groups in total. The molecule has 2 aliphatic rings. The van der Waals surface area contributed by atoms with Gasteiger partial charge in [-0.3, -0.25) is 14.6 Å². The van der Waals surface area contributed by atoms with Gasteiger partial charge in [0.05, 0.1) is 17.7 Å². The average Bonchev–Trinajstić information content (AvgIpc) is 3.57. The SMILES string of the molecule is N#Cc1nc(C=C2SC(=S)N(Cc3ccco3)C2=O)oc1N1CCN(Cc2ccccc2)CC1. The molecule has 3 aromatic rings. The molecular weight excluding hydrogens is 470 g/mol. The van der Waals surface area contributed by atoms with Gasteiger partial charge in [0.2, 0.25) is 17.5 Å². The number of carbonyl (C=O) groups excluding carboxylic acids is 1. The Kier molecular flexibility index (Phi) is 6.49. The first-order valence-corrected chi connectivity index (χ1v) is 12.0. The van der Waals surface area contributed by atoms with Crippen LogP contribution >= 0.6 is 24.0 Å². The Morgan fingerprint density at radius 3 is 2.62 bits per heavy atom. The molecule has 2 aliphatic heterocycles. The van der Waals surface area contributed by atoms with E-state index in [1.54, 1.807) is 24.5 Å². The van der Waals surface area contributed by atoms with Crippen LogP contribution in [0.1, 0.15) is 22.9 Å². The van der Waals surface area contributed by atoms with Crippen molar-refractivity contribution in [1.82, 2.24) is 14.8 Å². The Morgan fingerprint density at radius 2 is 1.91 bits per heavy atom. The molecule has 8 nitrogen and oxygen atoms in total. The highest BCUT2D eigenvalue weighted by Crippen LogP contribution is 2.34. The number of aromatic nitrogens is 1. The third-order valence-electron chi connectivity index (χ3n) is 5.66. The highest BCUT2D eigenvalue weighted by atomic mass is 32.2. The van der Waals surface area contributed by atoms with E-state index in [0.717, 1.165) is 32.7 Å². The van der Waals surface area contributed by atoms with Gasteiger partial charge in [-0.25, -0.2) is 0 Å². The zero-order chi connectivity index (χ0) is 23.5. The molecule has 2 aromatic heterocycles. The van der Waals surface area contributed by atoms with Crippen molar-refractivity contribution >= 4 is 46.2 Å². The van der Waals surface area contributed by atoms with Crippen molar-refractivity contribution in [3.8, 4) is 6.07 Å². The number of nitrogens with zero attached hydrogens (tertiary/aromatic N) is 5. The van der Waals surface area contributed by atoms with E-state index >= 15 is 0 Å². The number of piperazine rings is 1. The van der Waals surface area contributed by atoms with E-state index in [2.05, 4.69) is 28.1 Å². The highest BCUT2D eigenvalue weighted by Gasteiger charge is 2.33. The van der Waals surface area contributed by atoms with Crippen LogP contribution in [0, 0.1) is 11.3 Å². The molecule has 1 aromatic carbocycles. The maximum absolute atomic E-state index is 12.9. The number of rotatable bonds is 6.